The SMILES string of the molecule is Nc1ccsc1CNc1cn[nH]c1. The zero-order chi connectivity index (χ0) is 9.10. The summed E-state index contributed by atoms with van der Waals surface area (Å²) >= 11 is 1.65. The zero-order valence-corrected chi connectivity index (χ0v) is 7.77. The summed E-state index contributed by atoms with van der Waals surface area (Å²) in [6.45, 7) is 0.753. The third-order valence-corrected chi connectivity index (χ3v) is 2.67. The van der Waals surface area contributed by atoms with Crippen LogP contribution in [0.4, 0.5) is 11.4 Å². The fourth-order valence-corrected chi connectivity index (χ4v) is 1.76. The maximum atomic E-state index is 5.73. The summed E-state index contributed by atoms with van der Waals surface area (Å²) in [4.78, 5) is 1.15. The van der Waals surface area contributed by atoms with Gasteiger partial charge in [-0.15, -0.1) is 11.3 Å². The van der Waals surface area contributed by atoms with Gasteiger partial charge in [0.15, 0.2) is 0 Å². The number of nitrogen functional groups attached to an aromatic ring is 1. The van der Waals surface area contributed by atoms with Crippen molar-refractivity contribution >= 4 is 22.7 Å². The first-order valence-electron chi connectivity index (χ1n) is 3.91. The van der Waals surface area contributed by atoms with E-state index in [1.165, 1.54) is 0 Å². The topological polar surface area (TPSA) is 66.7 Å². The third kappa shape index (κ3) is 1.81. The number of H-pyrrole nitrogens is 1. The number of rotatable bonds is 3. The van der Waals surface area contributed by atoms with Gasteiger partial charge >= 0.3 is 0 Å². The summed E-state index contributed by atoms with van der Waals surface area (Å²) in [7, 11) is 0. The Labute approximate surface area is 79.8 Å². The maximum Gasteiger partial charge on any atom is 0.0726 e. The largest absolute Gasteiger partial charge is 0.398 e. The first-order chi connectivity index (χ1) is 6.36. The molecule has 2 aromatic rings. The molecule has 5 heteroatoms. The van der Waals surface area contributed by atoms with Crippen molar-refractivity contribution in [2.45, 2.75) is 6.54 Å². The number of nitrogens with zero attached hydrogens (tertiary/aromatic N) is 1. The molecule has 0 amide bonds. The molecule has 13 heavy (non-hydrogen) atoms. The van der Waals surface area contributed by atoms with E-state index in [1.807, 2.05) is 17.6 Å². The van der Waals surface area contributed by atoms with Crippen LogP contribution in [0.3, 0.4) is 0 Å². The Balaban J connectivity index is 1.97. The van der Waals surface area contributed by atoms with Gasteiger partial charge in [0, 0.05) is 16.8 Å². The summed E-state index contributed by atoms with van der Waals surface area (Å²) in [6, 6.07) is 1.91. The second-order valence-electron chi connectivity index (χ2n) is 2.64. The minimum atomic E-state index is 0.753. The van der Waals surface area contributed by atoms with Crippen LogP contribution in [-0.4, -0.2) is 10.2 Å². The number of hydrogen-bond donors (Lipinski definition) is 3. The number of thiophene rings is 1. The summed E-state index contributed by atoms with van der Waals surface area (Å²) in [5.41, 5.74) is 7.55. The van der Waals surface area contributed by atoms with Crippen molar-refractivity contribution in [2.24, 2.45) is 0 Å². The fraction of sp³-hybridized carbons (Fsp3) is 0.125. The molecule has 0 aliphatic heterocycles. The summed E-state index contributed by atoms with van der Waals surface area (Å²) in [5.74, 6) is 0. The van der Waals surface area contributed by atoms with E-state index in [1.54, 1.807) is 17.5 Å². The van der Waals surface area contributed by atoms with Gasteiger partial charge in [-0.05, 0) is 11.4 Å². The van der Waals surface area contributed by atoms with Gasteiger partial charge in [-0.2, -0.15) is 5.10 Å². The molecule has 0 atom stereocenters. The normalized spacial score (nSPS) is 10.2. The number of aromatic nitrogens is 2. The van der Waals surface area contributed by atoms with Crippen LogP contribution in [0.15, 0.2) is 23.8 Å². The van der Waals surface area contributed by atoms with E-state index in [4.69, 9.17) is 5.73 Å². The highest BCUT2D eigenvalue weighted by Crippen LogP contribution is 2.19. The van der Waals surface area contributed by atoms with Crippen molar-refractivity contribution in [2.75, 3.05) is 11.1 Å². The number of anilines is 2. The standard InChI is InChI=1S/C8H10N4S/c9-7-1-2-13-8(7)5-10-6-3-11-12-4-6/h1-4,10H,5,9H2,(H,11,12). The Bertz CT molecular complexity index is 365. The maximum absolute atomic E-state index is 5.73. The van der Waals surface area contributed by atoms with E-state index in [2.05, 4.69) is 15.5 Å². The average molecular weight is 194 g/mol. The van der Waals surface area contributed by atoms with Crippen LogP contribution in [-0.2, 0) is 6.54 Å². The molecule has 4 N–H and O–H groups in total. The predicted octanol–water partition coefficient (Wildman–Crippen LogP) is 1.67. The molecule has 0 aromatic carbocycles. The summed E-state index contributed by atoms with van der Waals surface area (Å²) < 4.78 is 0. The van der Waals surface area contributed by atoms with E-state index in [-0.39, 0.29) is 0 Å². The van der Waals surface area contributed by atoms with Crippen LogP contribution in [0.1, 0.15) is 4.88 Å². The lowest BCUT2D eigenvalue weighted by molar-refractivity contribution is 1.09. The molecule has 0 radical (unpaired) electrons. The molecule has 0 unspecified atom stereocenters. The van der Waals surface area contributed by atoms with Gasteiger partial charge in [0.2, 0.25) is 0 Å². The lowest BCUT2D eigenvalue weighted by Gasteiger charge is -2.01. The molecule has 0 fully saturated rings. The Kier molecular flexibility index (Phi) is 2.18. The van der Waals surface area contributed by atoms with Gasteiger partial charge in [0.25, 0.3) is 0 Å². The summed E-state index contributed by atoms with van der Waals surface area (Å²) in [5, 5.41) is 11.8. The van der Waals surface area contributed by atoms with Crippen LogP contribution in [0.2, 0.25) is 0 Å². The highest BCUT2D eigenvalue weighted by atomic mass is 32.1. The molecule has 2 aromatic heterocycles. The van der Waals surface area contributed by atoms with Gasteiger partial charge in [0.1, 0.15) is 0 Å². The van der Waals surface area contributed by atoms with Crippen LogP contribution < -0.4 is 11.1 Å². The molecule has 0 saturated carbocycles. The van der Waals surface area contributed by atoms with Crippen molar-refractivity contribution in [3.8, 4) is 0 Å². The van der Waals surface area contributed by atoms with Gasteiger partial charge in [-0.3, -0.25) is 5.10 Å². The van der Waals surface area contributed by atoms with Crippen LogP contribution >= 0.6 is 11.3 Å². The van der Waals surface area contributed by atoms with Gasteiger partial charge in [-0.1, -0.05) is 0 Å². The van der Waals surface area contributed by atoms with E-state index in [0.29, 0.717) is 0 Å². The first-order valence-corrected chi connectivity index (χ1v) is 4.79. The van der Waals surface area contributed by atoms with Crippen LogP contribution in [0.25, 0.3) is 0 Å². The van der Waals surface area contributed by atoms with Crippen molar-refractivity contribution in [1.82, 2.24) is 10.2 Å². The lowest BCUT2D eigenvalue weighted by Crippen LogP contribution is -1.98. The van der Waals surface area contributed by atoms with E-state index in [0.717, 1.165) is 22.8 Å². The number of nitrogens with two attached hydrogens (primary N) is 1. The Morgan fingerprint density at radius 2 is 2.54 bits per heavy atom. The second kappa shape index (κ2) is 3.49. The van der Waals surface area contributed by atoms with Crippen LogP contribution in [0, 0.1) is 0 Å². The predicted molar refractivity (Wildman–Crippen MR) is 54.6 cm³/mol. The smallest absolute Gasteiger partial charge is 0.0726 e. The molecule has 0 aliphatic carbocycles. The lowest BCUT2D eigenvalue weighted by atomic mass is 10.4. The van der Waals surface area contributed by atoms with Crippen molar-refractivity contribution in [1.29, 1.82) is 0 Å². The second-order valence-corrected chi connectivity index (χ2v) is 3.64. The van der Waals surface area contributed by atoms with Gasteiger partial charge < -0.3 is 11.1 Å². The van der Waals surface area contributed by atoms with E-state index < -0.39 is 0 Å². The van der Waals surface area contributed by atoms with Gasteiger partial charge in [0.05, 0.1) is 18.4 Å². The molecule has 2 heterocycles. The molecule has 0 bridgehead atoms. The number of hydrogen-bond acceptors (Lipinski definition) is 4. The molecule has 0 aliphatic rings. The molecule has 0 spiro atoms. The van der Waals surface area contributed by atoms with Crippen LogP contribution in [0.5, 0.6) is 0 Å². The van der Waals surface area contributed by atoms with Crippen molar-refractivity contribution < 1.29 is 0 Å². The third-order valence-electron chi connectivity index (χ3n) is 1.73. The van der Waals surface area contributed by atoms with Crippen molar-refractivity contribution in [3.63, 3.8) is 0 Å². The monoisotopic (exact) mass is 194 g/mol. The van der Waals surface area contributed by atoms with E-state index in [9.17, 15) is 0 Å². The molecule has 0 saturated heterocycles. The first kappa shape index (κ1) is 8.12. The molecule has 68 valence electrons. The molecule has 2 rings (SSSR count). The van der Waals surface area contributed by atoms with Crippen molar-refractivity contribution in [3.05, 3.63) is 28.7 Å². The van der Waals surface area contributed by atoms with Gasteiger partial charge in [-0.25, -0.2) is 0 Å². The minimum absolute atomic E-state index is 0.753. The number of nitrogens with one attached hydrogen (secondary N) is 2. The molecular formula is C8H10N4S. The Hall–Kier alpha value is -1.49. The minimum Gasteiger partial charge on any atom is -0.398 e. The fourth-order valence-electron chi connectivity index (χ4n) is 1.02. The highest BCUT2D eigenvalue weighted by Gasteiger charge is 1.99. The molecular weight excluding hydrogens is 184 g/mol. The summed E-state index contributed by atoms with van der Waals surface area (Å²) in [6.07, 6.45) is 3.55. The number of aromatic amines is 1. The zero-order valence-electron chi connectivity index (χ0n) is 6.95. The quantitative estimate of drug-likeness (QED) is 0.696. The highest BCUT2D eigenvalue weighted by molar-refractivity contribution is 7.10. The van der Waals surface area contributed by atoms with E-state index >= 15 is 0 Å². The molecule has 4 nitrogen and oxygen atoms in total. The Morgan fingerprint density at radius 3 is 3.15 bits per heavy atom. The average Bonchev–Trinajstić information content (AvgIpc) is 2.72. The Morgan fingerprint density at radius 1 is 1.62 bits per heavy atom.